The highest BCUT2D eigenvalue weighted by molar-refractivity contribution is 6.06. The molecular formula is C12H22N4O2. The molecule has 0 aromatic carbocycles. The number of amides is 3. The van der Waals surface area contributed by atoms with Crippen LogP contribution in [0.3, 0.4) is 0 Å². The molecular weight excluding hydrogens is 232 g/mol. The van der Waals surface area contributed by atoms with E-state index in [2.05, 4.69) is 10.2 Å². The van der Waals surface area contributed by atoms with Crippen molar-refractivity contribution in [2.24, 2.45) is 11.7 Å². The fraction of sp³-hybridized carbons (Fsp3) is 0.833. The van der Waals surface area contributed by atoms with Gasteiger partial charge in [0.1, 0.15) is 5.54 Å². The first-order valence-corrected chi connectivity index (χ1v) is 6.50. The zero-order valence-corrected chi connectivity index (χ0v) is 11.1. The molecule has 6 nitrogen and oxygen atoms in total. The highest BCUT2D eigenvalue weighted by Gasteiger charge is 2.44. The second kappa shape index (κ2) is 4.85. The van der Waals surface area contributed by atoms with Crippen LogP contribution < -0.4 is 11.1 Å². The quantitative estimate of drug-likeness (QED) is 0.669. The third-order valence-corrected chi connectivity index (χ3v) is 3.79. The van der Waals surface area contributed by atoms with E-state index in [1.54, 1.807) is 13.8 Å². The number of nitrogens with two attached hydrogens (primary N) is 1. The standard InChI is InChI=1S/C12H22N4O2/c1-12(2)10(17)16(11(18)14-12)6-5-15-4-3-9(7-13)8-15/h9H,3-8,13H2,1-2H3,(H,14,18). The number of nitrogens with zero attached hydrogens (tertiary/aromatic N) is 2. The van der Waals surface area contributed by atoms with Gasteiger partial charge in [-0.25, -0.2) is 4.79 Å². The number of hydrogen-bond acceptors (Lipinski definition) is 4. The van der Waals surface area contributed by atoms with Gasteiger partial charge in [-0.05, 0) is 39.3 Å². The Balaban J connectivity index is 1.84. The Kier molecular flexibility index (Phi) is 3.59. The monoisotopic (exact) mass is 254 g/mol. The van der Waals surface area contributed by atoms with Gasteiger partial charge in [0, 0.05) is 19.6 Å². The van der Waals surface area contributed by atoms with Crippen molar-refractivity contribution in [2.75, 3.05) is 32.7 Å². The second-order valence-electron chi connectivity index (χ2n) is 5.70. The van der Waals surface area contributed by atoms with Gasteiger partial charge in [0.2, 0.25) is 0 Å². The van der Waals surface area contributed by atoms with Gasteiger partial charge in [0.25, 0.3) is 5.91 Å². The number of carbonyl (C=O) groups excluding carboxylic acids is 2. The van der Waals surface area contributed by atoms with Crippen LogP contribution in [0.5, 0.6) is 0 Å². The molecule has 18 heavy (non-hydrogen) atoms. The van der Waals surface area contributed by atoms with Gasteiger partial charge in [-0.1, -0.05) is 0 Å². The van der Waals surface area contributed by atoms with Crippen LogP contribution in [0.2, 0.25) is 0 Å². The van der Waals surface area contributed by atoms with Crippen molar-refractivity contribution in [3.63, 3.8) is 0 Å². The molecule has 2 fully saturated rings. The third kappa shape index (κ3) is 2.49. The van der Waals surface area contributed by atoms with Crippen molar-refractivity contribution >= 4 is 11.9 Å². The average Bonchev–Trinajstić information content (AvgIpc) is 2.82. The normalized spacial score (nSPS) is 27.9. The number of hydrogen-bond donors (Lipinski definition) is 2. The fourth-order valence-electron chi connectivity index (χ4n) is 2.57. The molecule has 1 atom stereocenters. The lowest BCUT2D eigenvalue weighted by atomic mass is 10.1. The zero-order valence-electron chi connectivity index (χ0n) is 11.1. The Morgan fingerprint density at radius 2 is 2.11 bits per heavy atom. The van der Waals surface area contributed by atoms with Crippen LogP contribution in [0.4, 0.5) is 4.79 Å². The Morgan fingerprint density at radius 3 is 2.61 bits per heavy atom. The van der Waals surface area contributed by atoms with E-state index in [-0.39, 0.29) is 11.9 Å². The number of urea groups is 1. The molecule has 1 unspecified atom stereocenters. The van der Waals surface area contributed by atoms with Crippen molar-refractivity contribution < 1.29 is 9.59 Å². The molecule has 0 bridgehead atoms. The van der Waals surface area contributed by atoms with Gasteiger partial charge in [0.05, 0.1) is 0 Å². The van der Waals surface area contributed by atoms with Crippen LogP contribution in [-0.2, 0) is 4.79 Å². The van der Waals surface area contributed by atoms with Crippen molar-refractivity contribution in [3.8, 4) is 0 Å². The van der Waals surface area contributed by atoms with Crippen LogP contribution in [-0.4, -0.2) is 60.0 Å². The van der Waals surface area contributed by atoms with E-state index < -0.39 is 5.54 Å². The second-order valence-corrected chi connectivity index (χ2v) is 5.70. The maximum Gasteiger partial charge on any atom is 0.325 e. The molecule has 102 valence electrons. The van der Waals surface area contributed by atoms with Crippen molar-refractivity contribution in [2.45, 2.75) is 25.8 Å². The van der Waals surface area contributed by atoms with E-state index in [0.717, 1.165) is 26.1 Å². The summed E-state index contributed by atoms with van der Waals surface area (Å²) in [7, 11) is 0. The first kappa shape index (κ1) is 13.3. The van der Waals surface area contributed by atoms with E-state index >= 15 is 0 Å². The topological polar surface area (TPSA) is 78.7 Å². The molecule has 6 heteroatoms. The molecule has 0 aromatic rings. The predicted molar refractivity (Wildman–Crippen MR) is 67.9 cm³/mol. The smallest absolute Gasteiger partial charge is 0.325 e. The van der Waals surface area contributed by atoms with Crippen LogP contribution in [0.1, 0.15) is 20.3 Å². The molecule has 3 N–H and O–H groups in total. The van der Waals surface area contributed by atoms with Gasteiger partial charge in [-0.15, -0.1) is 0 Å². The van der Waals surface area contributed by atoms with Crippen LogP contribution in [0, 0.1) is 5.92 Å². The first-order valence-electron chi connectivity index (χ1n) is 6.50. The molecule has 0 aromatic heterocycles. The Bertz CT molecular complexity index is 356. The Hall–Kier alpha value is -1.14. The number of likely N-dealkylation sites (tertiary alicyclic amines) is 1. The minimum absolute atomic E-state index is 0.137. The number of nitrogens with one attached hydrogen (secondary N) is 1. The summed E-state index contributed by atoms with van der Waals surface area (Å²) in [6, 6.07) is -0.278. The molecule has 0 saturated carbocycles. The van der Waals surface area contributed by atoms with Crippen molar-refractivity contribution in [1.82, 2.24) is 15.1 Å². The minimum Gasteiger partial charge on any atom is -0.330 e. The molecule has 2 aliphatic rings. The third-order valence-electron chi connectivity index (χ3n) is 3.79. The van der Waals surface area contributed by atoms with Gasteiger partial charge in [0.15, 0.2) is 0 Å². The lowest BCUT2D eigenvalue weighted by Crippen LogP contribution is -2.41. The fourth-order valence-corrected chi connectivity index (χ4v) is 2.57. The summed E-state index contributed by atoms with van der Waals surface area (Å²) in [5.41, 5.74) is 4.88. The Labute approximate surface area is 107 Å². The summed E-state index contributed by atoms with van der Waals surface area (Å²) in [6.07, 6.45) is 1.11. The average molecular weight is 254 g/mol. The molecule has 0 aliphatic carbocycles. The van der Waals surface area contributed by atoms with Crippen molar-refractivity contribution in [1.29, 1.82) is 0 Å². The van der Waals surface area contributed by atoms with Crippen LogP contribution in [0.15, 0.2) is 0 Å². The molecule has 0 spiro atoms. The highest BCUT2D eigenvalue weighted by Crippen LogP contribution is 2.18. The number of carbonyl (C=O) groups is 2. The van der Waals surface area contributed by atoms with Crippen LogP contribution in [0.25, 0.3) is 0 Å². The molecule has 2 aliphatic heterocycles. The summed E-state index contributed by atoms with van der Waals surface area (Å²) in [5, 5.41) is 2.69. The molecule has 2 rings (SSSR count). The number of imide groups is 1. The van der Waals surface area contributed by atoms with Gasteiger partial charge < -0.3 is 16.0 Å². The lowest BCUT2D eigenvalue weighted by Gasteiger charge is -2.20. The lowest BCUT2D eigenvalue weighted by molar-refractivity contribution is -0.130. The highest BCUT2D eigenvalue weighted by atomic mass is 16.2. The van der Waals surface area contributed by atoms with Gasteiger partial charge in [-0.2, -0.15) is 0 Å². The summed E-state index contributed by atoms with van der Waals surface area (Å²) in [5.74, 6) is 0.423. The minimum atomic E-state index is -0.762. The van der Waals surface area contributed by atoms with E-state index in [1.807, 2.05) is 0 Å². The van der Waals surface area contributed by atoms with E-state index in [0.29, 0.717) is 19.0 Å². The number of rotatable bonds is 4. The van der Waals surface area contributed by atoms with E-state index in [1.165, 1.54) is 4.90 Å². The van der Waals surface area contributed by atoms with E-state index in [9.17, 15) is 9.59 Å². The zero-order chi connectivity index (χ0) is 13.3. The summed E-state index contributed by atoms with van der Waals surface area (Å²) < 4.78 is 0. The van der Waals surface area contributed by atoms with Gasteiger partial charge in [-0.3, -0.25) is 9.69 Å². The molecule has 2 saturated heterocycles. The predicted octanol–water partition coefficient (Wildman–Crippen LogP) is -0.403. The van der Waals surface area contributed by atoms with Gasteiger partial charge >= 0.3 is 6.03 Å². The largest absolute Gasteiger partial charge is 0.330 e. The van der Waals surface area contributed by atoms with Crippen LogP contribution >= 0.6 is 0 Å². The summed E-state index contributed by atoms with van der Waals surface area (Å²) in [6.45, 7) is 7.36. The Morgan fingerprint density at radius 1 is 1.39 bits per heavy atom. The van der Waals surface area contributed by atoms with E-state index in [4.69, 9.17) is 5.73 Å². The SMILES string of the molecule is CC1(C)NC(=O)N(CCN2CCC(CN)C2)C1=O. The summed E-state index contributed by atoms with van der Waals surface area (Å²) in [4.78, 5) is 27.2. The maximum absolute atomic E-state index is 12.0. The first-order chi connectivity index (χ1) is 8.44. The molecule has 2 heterocycles. The summed E-state index contributed by atoms with van der Waals surface area (Å²) >= 11 is 0. The molecule has 0 radical (unpaired) electrons. The molecule has 3 amide bonds. The maximum atomic E-state index is 12.0. The van der Waals surface area contributed by atoms with Crippen molar-refractivity contribution in [3.05, 3.63) is 0 Å².